The number of carbonyl (C=O) groups is 1. The summed E-state index contributed by atoms with van der Waals surface area (Å²) < 4.78 is 4.43. The molecule has 0 aromatic carbocycles. The monoisotopic (exact) mass is 118 g/mol. The Labute approximate surface area is 48.3 Å². The molecule has 0 rings (SSSR count). The molecule has 0 unspecified atom stereocenters. The Balaban J connectivity index is 0. The second kappa shape index (κ2) is 6.17. The predicted octanol–water partition coefficient (Wildman–Crippen LogP) is -0.0892. The van der Waals surface area contributed by atoms with E-state index in [-0.39, 0.29) is 11.4 Å². The average Bonchev–Trinajstić information content (AvgIpc) is 1.61. The first-order valence-corrected chi connectivity index (χ1v) is 2.01. The SMILES string of the molecule is C=CCOC(C)=O.O. The Morgan fingerprint density at radius 1 is 1.88 bits per heavy atom. The van der Waals surface area contributed by atoms with Crippen LogP contribution in [0.15, 0.2) is 12.7 Å². The van der Waals surface area contributed by atoms with Crippen molar-refractivity contribution in [3.63, 3.8) is 0 Å². The van der Waals surface area contributed by atoms with Crippen molar-refractivity contribution < 1.29 is 15.0 Å². The van der Waals surface area contributed by atoms with E-state index in [1.165, 1.54) is 13.0 Å². The van der Waals surface area contributed by atoms with E-state index in [1.807, 2.05) is 0 Å². The Bertz CT molecular complexity index is 77.7. The molecule has 0 aromatic rings. The van der Waals surface area contributed by atoms with E-state index in [1.54, 1.807) is 0 Å². The van der Waals surface area contributed by atoms with Gasteiger partial charge in [0.25, 0.3) is 0 Å². The highest BCUT2D eigenvalue weighted by molar-refractivity contribution is 5.65. The molecule has 0 aliphatic heterocycles. The van der Waals surface area contributed by atoms with Gasteiger partial charge in [-0.05, 0) is 0 Å². The maximum absolute atomic E-state index is 9.93. The Kier molecular flexibility index (Phi) is 7.88. The number of esters is 1. The molecule has 3 nitrogen and oxygen atoms in total. The molecule has 0 saturated carbocycles. The lowest BCUT2D eigenvalue weighted by molar-refractivity contribution is -0.139. The summed E-state index contributed by atoms with van der Waals surface area (Å²) in [5.41, 5.74) is 0. The van der Waals surface area contributed by atoms with E-state index < -0.39 is 0 Å². The van der Waals surface area contributed by atoms with Gasteiger partial charge in [-0.1, -0.05) is 12.7 Å². The van der Waals surface area contributed by atoms with Crippen LogP contribution in [0.4, 0.5) is 0 Å². The molecule has 0 saturated heterocycles. The van der Waals surface area contributed by atoms with Crippen molar-refractivity contribution in [1.82, 2.24) is 0 Å². The third-order valence-electron chi connectivity index (χ3n) is 0.404. The first kappa shape index (κ1) is 10.2. The van der Waals surface area contributed by atoms with Crippen LogP contribution in [-0.4, -0.2) is 18.1 Å². The lowest BCUT2D eigenvalue weighted by Crippen LogP contribution is -1.96. The van der Waals surface area contributed by atoms with Gasteiger partial charge in [0.15, 0.2) is 0 Å². The fourth-order valence-electron chi connectivity index (χ4n) is 0.176. The predicted molar refractivity (Wildman–Crippen MR) is 30.4 cm³/mol. The zero-order valence-electron chi connectivity index (χ0n) is 4.81. The third kappa shape index (κ3) is 8.95. The van der Waals surface area contributed by atoms with Crippen molar-refractivity contribution in [2.75, 3.05) is 6.61 Å². The van der Waals surface area contributed by atoms with E-state index in [0.717, 1.165) is 0 Å². The summed E-state index contributed by atoms with van der Waals surface area (Å²) in [7, 11) is 0. The van der Waals surface area contributed by atoms with E-state index in [4.69, 9.17) is 0 Å². The molecule has 0 spiro atoms. The van der Waals surface area contributed by atoms with Crippen LogP contribution in [0.1, 0.15) is 6.92 Å². The van der Waals surface area contributed by atoms with E-state index in [2.05, 4.69) is 11.3 Å². The number of rotatable bonds is 2. The maximum Gasteiger partial charge on any atom is 0.302 e. The molecule has 2 N–H and O–H groups in total. The summed E-state index contributed by atoms with van der Waals surface area (Å²) in [6.07, 6.45) is 1.53. The molecule has 0 aliphatic rings. The van der Waals surface area contributed by atoms with Crippen LogP contribution in [0.5, 0.6) is 0 Å². The van der Waals surface area contributed by atoms with Crippen LogP contribution in [0.25, 0.3) is 0 Å². The quantitative estimate of drug-likeness (QED) is 0.376. The summed E-state index contributed by atoms with van der Waals surface area (Å²) in [5.74, 6) is -0.264. The molecule has 0 aliphatic carbocycles. The van der Waals surface area contributed by atoms with E-state index in [9.17, 15) is 4.79 Å². The Hall–Kier alpha value is -0.830. The molecule has 0 radical (unpaired) electrons. The molecule has 0 atom stereocenters. The highest BCUT2D eigenvalue weighted by atomic mass is 16.5. The maximum atomic E-state index is 9.93. The Morgan fingerprint density at radius 2 is 2.38 bits per heavy atom. The van der Waals surface area contributed by atoms with Gasteiger partial charge in [0.1, 0.15) is 6.61 Å². The standard InChI is InChI=1S/C5H8O2.H2O/c1-3-4-7-5(2)6;/h3H,1,4H2,2H3;1H2. The second-order valence-corrected chi connectivity index (χ2v) is 1.09. The summed E-state index contributed by atoms with van der Waals surface area (Å²) in [6, 6.07) is 0. The molecule has 8 heavy (non-hydrogen) atoms. The minimum atomic E-state index is -0.264. The van der Waals surface area contributed by atoms with Crippen LogP contribution in [0, 0.1) is 0 Å². The zero-order chi connectivity index (χ0) is 5.70. The van der Waals surface area contributed by atoms with Gasteiger partial charge in [0, 0.05) is 6.92 Å². The number of hydrogen-bond donors (Lipinski definition) is 0. The molecule has 0 fully saturated rings. The van der Waals surface area contributed by atoms with E-state index >= 15 is 0 Å². The highest BCUT2D eigenvalue weighted by Crippen LogP contribution is 1.73. The van der Waals surface area contributed by atoms with Crippen molar-refractivity contribution in [1.29, 1.82) is 0 Å². The van der Waals surface area contributed by atoms with E-state index in [0.29, 0.717) is 6.61 Å². The number of carbonyl (C=O) groups excluding carboxylic acids is 1. The van der Waals surface area contributed by atoms with Gasteiger partial charge >= 0.3 is 5.97 Å². The first-order valence-electron chi connectivity index (χ1n) is 2.01. The molecule has 0 bridgehead atoms. The lowest BCUT2D eigenvalue weighted by atomic mass is 10.7. The van der Waals surface area contributed by atoms with Gasteiger partial charge in [-0.2, -0.15) is 0 Å². The van der Waals surface area contributed by atoms with Crippen molar-refractivity contribution in [2.24, 2.45) is 0 Å². The van der Waals surface area contributed by atoms with Crippen molar-refractivity contribution in [3.8, 4) is 0 Å². The highest BCUT2D eigenvalue weighted by Gasteiger charge is 1.83. The van der Waals surface area contributed by atoms with Gasteiger partial charge in [-0.3, -0.25) is 4.79 Å². The van der Waals surface area contributed by atoms with Gasteiger partial charge < -0.3 is 10.2 Å². The van der Waals surface area contributed by atoms with Crippen LogP contribution in [0.3, 0.4) is 0 Å². The lowest BCUT2D eigenvalue weighted by Gasteiger charge is -1.90. The minimum absolute atomic E-state index is 0. The fourth-order valence-corrected chi connectivity index (χ4v) is 0.176. The largest absolute Gasteiger partial charge is 0.462 e. The molecule has 0 amide bonds. The Morgan fingerprint density at radius 3 is 2.50 bits per heavy atom. The molecule has 48 valence electrons. The summed E-state index contributed by atoms with van der Waals surface area (Å²) >= 11 is 0. The molecular weight excluding hydrogens is 108 g/mol. The van der Waals surface area contributed by atoms with Crippen LogP contribution in [0.2, 0.25) is 0 Å². The fraction of sp³-hybridized carbons (Fsp3) is 0.400. The third-order valence-corrected chi connectivity index (χ3v) is 0.404. The molecule has 3 heteroatoms. The van der Waals surface area contributed by atoms with Crippen LogP contribution < -0.4 is 0 Å². The summed E-state index contributed by atoms with van der Waals surface area (Å²) in [5, 5.41) is 0. The first-order chi connectivity index (χ1) is 3.27. The van der Waals surface area contributed by atoms with Gasteiger partial charge in [0.05, 0.1) is 0 Å². The normalized spacial score (nSPS) is 6.62. The van der Waals surface area contributed by atoms with Gasteiger partial charge in [0.2, 0.25) is 0 Å². The van der Waals surface area contributed by atoms with Crippen molar-refractivity contribution in [3.05, 3.63) is 12.7 Å². The summed E-state index contributed by atoms with van der Waals surface area (Å²) in [4.78, 5) is 9.93. The minimum Gasteiger partial charge on any atom is -0.462 e. The average molecular weight is 118 g/mol. The molecule has 0 aromatic heterocycles. The smallest absolute Gasteiger partial charge is 0.302 e. The number of hydrogen-bond acceptors (Lipinski definition) is 2. The van der Waals surface area contributed by atoms with Crippen molar-refractivity contribution >= 4 is 5.97 Å². The topological polar surface area (TPSA) is 57.8 Å². The summed E-state index contributed by atoms with van der Waals surface area (Å²) in [6.45, 7) is 5.03. The van der Waals surface area contributed by atoms with Gasteiger partial charge in [-0.15, -0.1) is 0 Å². The zero-order valence-corrected chi connectivity index (χ0v) is 4.81. The molecule has 0 heterocycles. The van der Waals surface area contributed by atoms with Crippen molar-refractivity contribution in [2.45, 2.75) is 6.92 Å². The number of ether oxygens (including phenoxy) is 1. The van der Waals surface area contributed by atoms with Crippen LogP contribution in [-0.2, 0) is 9.53 Å². The van der Waals surface area contributed by atoms with Gasteiger partial charge in [-0.25, -0.2) is 0 Å². The molecular formula is C5H10O3. The van der Waals surface area contributed by atoms with Crippen LogP contribution >= 0.6 is 0 Å². The second-order valence-electron chi connectivity index (χ2n) is 1.09.